The number of aliphatic hydroxyl groups is 1. The maximum atomic E-state index is 9.76. The number of aliphatic hydroxyl groups excluding tert-OH is 1. The van der Waals surface area contributed by atoms with Gasteiger partial charge in [0.1, 0.15) is 0 Å². The van der Waals surface area contributed by atoms with Gasteiger partial charge in [0.15, 0.2) is 0 Å². The molecule has 0 aromatic carbocycles. The summed E-state index contributed by atoms with van der Waals surface area (Å²) in [5.74, 6) is 0. The summed E-state index contributed by atoms with van der Waals surface area (Å²) in [6, 6.07) is 0. The minimum absolute atomic E-state index is 0.0531. The number of ether oxygens (including phenoxy) is 1. The lowest BCUT2D eigenvalue weighted by Gasteiger charge is -2.60. The van der Waals surface area contributed by atoms with Crippen molar-refractivity contribution < 1.29 is 9.84 Å². The summed E-state index contributed by atoms with van der Waals surface area (Å²) in [6.07, 6.45) is 2.96. The number of nitrogens with zero attached hydrogens (tertiary/aromatic N) is 1. The highest BCUT2D eigenvalue weighted by Gasteiger charge is 2.60. The Morgan fingerprint density at radius 2 is 2.39 bits per heavy atom. The van der Waals surface area contributed by atoms with Crippen molar-refractivity contribution in [3.05, 3.63) is 16.6 Å². The summed E-state index contributed by atoms with van der Waals surface area (Å²) < 4.78 is 5.73. The highest BCUT2D eigenvalue weighted by Crippen LogP contribution is 2.51. The first kappa shape index (κ1) is 13.9. The van der Waals surface area contributed by atoms with Gasteiger partial charge in [-0.15, -0.1) is 11.3 Å². The Balaban J connectivity index is 2.00. The van der Waals surface area contributed by atoms with Crippen LogP contribution in [0, 0.1) is 5.41 Å². The second-order valence-corrected chi connectivity index (χ2v) is 6.40. The van der Waals surface area contributed by atoms with Crippen LogP contribution in [-0.2, 0) is 11.3 Å². The largest absolute Gasteiger partial charge is 0.394 e. The molecule has 1 fully saturated rings. The molecule has 1 saturated carbocycles. The quantitative estimate of drug-likeness (QED) is 0.827. The third-order valence-electron chi connectivity index (χ3n) is 4.29. The molecule has 1 aliphatic carbocycles. The summed E-state index contributed by atoms with van der Waals surface area (Å²) in [5.41, 5.74) is 1.54. The van der Waals surface area contributed by atoms with Crippen LogP contribution in [0.5, 0.6) is 0 Å². The van der Waals surface area contributed by atoms with Crippen LogP contribution in [0.25, 0.3) is 0 Å². The Hall–Kier alpha value is -0.490. The second-order valence-electron chi connectivity index (χ2n) is 5.43. The Kier molecular flexibility index (Phi) is 4.06. The van der Waals surface area contributed by atoms with E-state index in [2.05, 4.69) is 24.1 Å². The van der Waals surface area contributed by atoms with E-state index in [1.165, 1.54) is 4.88 Å². The fraction of sp³-hybridized carbons (Fsp3) is 0.769. The van der Waals surface area contributed by atoms with Gasteiger partial charge in [-0.1, -0.05) is 13.8 Å². The zero-order chi connectivity index (χ0) is 13.2. The Bertz CT molecular complexity index is 380. The molecule has 0 saturated heterocycles. The van der Waals surface area contributed by atoms with E-state index < -0.39 is 0 Å². The van der Waals surface area contributed by atoms with E-state index in [1.54, 1.807) is 11.3 Å². The molecule has 1 aromatic heterocycles. The molecule has 4 nitrogen and oxygen atoms in total. The topological polar surface area (TPSA) is 54.4 Å². The zero-order valence-corrected chi connectivity index (χ0v) is 12.1. The van der Waals surface area contributed by atoms with Crippen LogP contribution >= 0.6 is 11.3 Å². The van der Waals surface area contributed by atoms with Crippen LogP contribution in [0.15, 0.2) is 11.7 Å². The third-order valence-corrected chi connectivity index (χ3v) is 5.07. The summed E-state index contributed by atoms with van der Waals surface area (Å²) in [5, 5.41) is 13.3. The van der Waals surface area contributed by atoms with Crippen LogP contribution in [0.2, 0.25) is 0 Å². The second kappa shape index (κ2) is 5.25. The van der Waals surface area contributed by atoms with Crippen molar-refractivity contribution in [2.75, 3.05) is 13.2 Å². The van der Waals surface area contributed by atoms with Gasteiger partial charge in [-0.2, -0.15) is 0 Å². The predicted molar refractivity (Wildman–Crippen MR) is 72.6 cm³/mol. The van der Waals surface area contributed by atoms with Crippen molar-refractivity contribution in [2.45, 2.75) is 45.4 Å². The molecule has 0 spiro atoms. The van der Waals surface area contributed by atoms with Crippen LogP contribution in [0.1, 0.15) is 32.1 Å². The molecule has 0 aliphatic heterocycles. The average Bonchev–Trinajstić information content (AvgIpc) is 2.86. The van der Waals surface area contributed by atoms with Crippen LogP contribution in [0.4, 0.5) is 0 Å². The van der Waals surface area contributed by atoms with Gasteiger partial charge < -0.3 is 15.2 Å². The fourth-order valence-electron chi connectivity index (χ4n) is 2.69. The summed E-state index contributed by atoms with van der Waals surface area (Å²) >= 11 is 1.63. The van der Waals surface area contributed by atoms with Crippen molar-refractivity contribution in [3.8, 4) is 0 Å². The molecule has 2 rings (SSSR count). The van der Waals surface area contributed by atoms with Crippen LogP contribution in [-0.4, -0.2) is 34.9 Å². The molecule has 0 amide bonds. The molecule has 0 bridgehead atoms. The van der Waals surface area contributed by atoms with Gasteiger partial charge >= 0.3 is 0 Å². The molecular formula is C13H22N2O2S. The normalized spacial score (nSPS) is 30.1. The van der Waals surface area contributed by atoms with Crippen molar-refractivity contribution >= 4 is 11.3 Å². The van der Waals surface area contributed by atoms with Crippen LogP contribution < -0.4 is 5.32 Å². The summed E-state index contributed by atoms with van der Waals surface area (Å²) in [7, 11) is 0. The van der Waals surface area contributed by atoms with Gasteiger partial charge in [-0.05, 0) is 13.3 Å². The number of hydrogen-bond donors (Lipinski definition) is 2. The maximum absolute atomic E-state index is 9.76. The lowest BCUT2D eigenvalue weighted by atomic mass is 9.54. The minimum atomic E-state index is -0.239. The van der Waals surface area contributed by atoms with Gasteiger partial charge in [0.2, 0.25) is 0 Å². The Morgan fingerprint density at radius 3 is 2.89 bits per heavy atom. The zero-order valence-electron chi connectivity index (χ0n) is 11.3. The SMILES string of the molecule is CCO[C@H]1C[C@@](CO)(NCc2cncs2)C1(C)C. The summed E-state index contributed by atoms with van der Waals surface area (Å²) in [4.78, 5) is 5.26. The number of hydrogen-bond acceptors (Lipinski definition) is 5. The van der Waals surface area contributed by atoms with Gasteiger partial charge in [0.05, 0.1) is 23.8 Å². The predicted octanol–water partition coefficient (Wildman–Crippen LogP) is 1.80. The van der Waals surface area contributed by atoms with E-state index in [9.17, 15) is 5.11 Å². The van der Waals surface area contributed by atoms with Gasteiger partial charge in [0.25, 0.3) is 0 Å². The standard InChI is InChI=1S/C13H22N2O2S/c1-4-17-11-5-13(8-16,12(11,2)3)15-7-10-6-14-9-18-10/h6,9,11,15-16H,4-5,7-8H2,1-3H3/t11-,13-/m0/s1. The van der Waals surface area contributed by atoms with E-state index in [4.69, 9.17) is 4.74 Å². The molecule has 2 N–H and O–H groups in total. The first-order valence-corrected chi connectivity index (χ1v) is 7.28. The van der Waals surface area contributed by atoms with Crippen molar-refractivity contribution in [2.24, 2.45) is 5.41 Å². The number of aromatic nitrogens is 1. The molecule has 2 atom stereocenters. The monoisotopic (exact) mass is 270 g/mol. The average molecular weight is 270 g/mol. The minimum Gasteiger partial charge on any atom is -0.394 e. The lowest BCUT2D eigenvalue weighted by molar-refractivity contribution is -0.177. The smallest absolute Gasteiger partial charge is 0.0794 e. The lowest BCUT2D eigenvalue weighted by Crippen LogP contribution is -2.73. The number of thiazole rings is 1. The van der Waals surface area contributed by atoms with Crippen molar-refractivity contribution in [1.29, 1.82) is 0 Å². The number of nitrogens with one attached hydrogen (secondary N) is 1. The molecule has 18 heavy (non-hydrogen) atoms. The molecule has 5 heteroatoms. The number of rotatable bonds is 6. The van der Waals surface area contributed by atoms with Gasteiger partial charge in [-0.25, -0.2) is 0 Å². The fourth-order valence-corrected chi connectivity index (χ4v) is 3.22. The molecule has 1 heterocycles. The molecule has 0 unspecified atom stereocenters. The van der Waals surface area contributed by atoms with E-state index in [1.807, 2.05) is 18.6 Å². The van der Waals surface area contributed by atoms with Crippen molar-refractivity contribution in [1.82, 2.24) is 10.3 Å². The van der Waals surface area contributed by atoms with E-state index >= 15 is 0 Å². The first-order valence-electron chi connectivity index (χ1n) is 6.40. The van der Waals surface area contributed by atoms with E-state index in [0.29, 0.717) is 0 Å². The van der Waals surface area contributed by atoms with Gasteiger partial charge in [0, 0.05) is 29.6 Å². The third kappa shape index (κ3) is 2.20. The highest BCUT2D eigenvalue weighted by atomic mass is 32.1. The molecular weight excluding hydrogens is 248 g/mol. The maximum Gasteiger partial charge on any atom is 0.0794 e. The molecule has 102 valence electrons. The molecule has 1 aromatic rings. The highest BCUT2D eigenvalue weighted by molar-refractivity contribution is 7.09. The van der Waals surface area contributed by atoms with Crippen molar-refractivity contribution in [3.63, 3.8) is 0 Å². The van der Waals surface area contributed by atoms with E-state index in [0.717, 1.165) is 19.6 Å². The Morgan fingerprint density at radius 1 is 1.61 bits per heavy atom. The van der Waals surface area contributed by atoms with Crippen LogP contribution in [0.3, 0.4) is 0 Å². The summed E-state index contributed by atoms with van der Waals surface area (Å²) in [6.45, 7) is 7.96. The van der Waals surface area contributed by atoms with E-state index in [-0.39, 0.29) is 23.7 Å². The first-order chi connectivity index (χ1) is 8.55. The van der Waals surface area contributed by atoms with Gasteiger partial charge in [-0.3, -0.25) is 4.98 Å². The molecule has 1 aliphatic rings. The Labute approximate surface area is 112 Å². The molecule has 0 radical (unpaired) electrons.